The Morgan fingerprint density at radius 1 is 1.27 bits per heavy atom. The summed E-state index contributed by atoms with van der Waals surface area (Å²) in [6.45, 7) is 6.45. The van der Waals surface area contributed by atoms with Gasteiger partial charge in [0.05, 0.1) is 18.4 Å². The number of hydrogen-bond donors (Lipinski definition) is 1. The number of rotatable bonds is 4. The second-order valence-corrected chi connectivity index (χ2v) is 7.52. The molecule has 3 heterocycles. The summed E-state index contributed by atoms with van der Waals surface area (Å²) in [6.07, 6.45) is 1.00. The molecule has 2 aliphatic rings. The fourth-order valence-electron chi connectivity index (χ4n) is 3.77. The molecule has 2 aromatic rings. The Hall–Kier alpha value is -2.18. The summed E-state index contributed by atoms with van der Waals surface area (Å²) in [4.78, 5) is 14.9. The zero-order chi connectivity index (χ0) is 18.1. The van der Waals surface area contributed by atoms with Crippen molar-refractivity contribution in [3.63, 3.8) is 0 Å². The van der Waals surface area contributed by atoms with Crippen LogP contribution in [-0.4, -0.2) is 47.7 Å². The Kier molecular flexibility index (Phi) is 4.78. The van der Waals surface area contributed by atoms with Crippen LogP contribution in [0.4, 0.5) is 0 Å². The summed E-state index contributed by atoms with van der Waals surface area (Å²) < 4.78 is 11.3. The van der Waals surface area contributed by atoms with E-state index in [9.17, 15) is 4.79 Å². The number of nitrogens with zero attached hydrogens (tertiary/aromatic N) is 2. The second-order valence-electron chi connectivity index (χ2n) is 7.52. The number of hydrogen-bond acceptors (Lipinski definition) is 5. The van der Waals surface area contributed by atoms with Crippen molar-refractivity contribution in [3.05, 3.63) is 53.4 Å². The second kappa shape index (κ2) is 7.21. The van der Waals surface area contributed by atoms with Crippen LogP contribution >= 0.6 is 0 Å². The maximum absolute atomic E-state index is 12.4. The van der Waals surface area contributed by atoms with E-state index in [1.54, 1.807) is 6.07 Å². The summed E-state index contributed by atoms with van der Waals surface area (Å²) in [5.41, 5.74) is 2.01. The minimum atomic E-state index is -0.185. The average molecular weight is 355 g/mol. The molecule has 1 N–H and O–H groups in total. The lowest BCUT2D eigenvalue weighted by molar-refractivity contribution is -0.0502. The summed E-state index contributed by atoms with van der Waals surface area (Å²) in [6, 6.07) is 12.5. The molecule has 138 valence electrons. The number of aromatic nitrogens is 1. The third kappa shape index (κ3) is 3.52. The standard InChI is InChI=1S/C20H25N3O3/c1-13(2)17-9-18(26-22-17)20(24)21-15-8-16-12-25-19(11-23(16)10-15)14-6-4-3-5-7-14/h3-7,9,13,15-16,19H,8,10-12H2,1-2H3,(H,21,24)/t15-,16+,19-/m1/s1. The van der Waals surface area contributed by atoms with E-state index in [0.717, 1.165) is 25.2 Å². The molecule has 1 aromatic carbocycles. The fraction of sp³-hybridized carbons (Fsp3) is 0.500. The molecule has 3 atom stereocenters. The summed E-state index contributed by atoms with van der Waals surface area (Å²) in [5, 5.41) is 7.05. The molecule has 6 heteroatoms. The Morgan fingerprint density at radius 3 is 2.81 bits per heavy atom. The Morgan fingerprint density at radius 2 is 2.08 bits per heavy atom. The molecule has 0 spiro atoms. The van der Waals surface area contributed by atoms with Crippen molar-refractivity contribution in [3.8, 4) is 0 Å². The lowest BCUT2D eigenvalue weighted by Crippen LogP contribution is -2.43. The van der Waals surface area contributed by atoms with Crippen molar-refractivity contribution in [2.45, 2.75) is 44.4 Å². The van der Waals surface area contributed by atoms with E-state index in [4.69, 9.17) is 9.26 Å². The number of carbonyl (C=O) groups excluding carboxylic acids is 1. The topological polar surface area (TPSA) is 67.6 Å². The van der Waals surface area contributed by atoms with Gasteiger partial charge in [-0.15, -0.1) is 0 Å². The van der Waals surface area contributed by atoms with Gasteiger partial charge in [0.25, 0.3) is 5.91 Å². The highest BCUT2D eigenvalue weighted by Gasteiger charge is 2.38. The van der Waals surface area contributed by atoms with Gasteiger partial charge in [0.1, 0.15) is 0 Å². The number of morpholine rings is 1. The predicted octanol–water partition coefficient (Wildman–Crippen LogP) is 2.74. The van der Waals surface area contributed by atoms with Crippen LogP contribution in [0.2, 0.25) is 0 Å². The first-order valence-electron chi connectivity index (χ1n) is 9.28. The van der Waals surface area contributed by atoms with Crippen LogP contribution in [0.25, 0.3) is 0 Å². The van der Waals surface area contributed by atoms with E-state index < -0.39 is 0 Å². The Labute approximate surface area is 153 Å². The molecule has 4 rings (SSSR count). The minimum Gasteiger partial charge on any atom is -0.371 e. The monoisotopic (exact) mass is 355 g/mol. The van der Waals surface area contributed by atoms with Gasteiger partial charge in [0.2, 0.25) is 5.76 Å². The molecule has 2 fully saturated rings. The lowest BCUT2D eigenvalue weighted by atomic mass is 10.1. The summed E-state index contributed by atoms with van der Waals surface area (Å²) in [5.74, 6) is 0.347. The molecular formula is C20H25N3O3. The average Bonchev–Trinajstić information content (AvgIpc) is 3.28. The summed E-state index contributed by atoms with van der Waals surface area (Å²) in [7, 11) is 0. The molecule has 1 aromatic heterocycles. The van der Waals surface area contributed by atoms with Crippen LogP contribution in [0.15, 0.2) is 40.9 Å². The maximum Gasteiger partial charge on any atom is 0.290 e. The first kappa shape index (κ1) is 17.2. The fourth-order valence-corrected chi connectivity index (χ4v) is 3.77. The highest BCUT2D eigenvalue weighted by atomic mass is 16.5. The third-order valence-electron chi connectivity index (χ3n) is 5.27. The molecule has 1 amide bonds. The molecule has 6 nitrogen and oxygen atoms in total. The van der Waals surface area contributed by atoms with Crippen LogP contribution < -0.4 is 5.32 Å². The summed E-state index contributed by atoms with van der Waals surface area (Å²) >= 11 is 0. The van der Waals surface area contributed by atoms with Crippen LogP contribution in [0, 0.1) is 0 Å². The molecule has 2 saturated heterocycles. The third-order valence-corrected chi connectivity index (χ3v) is 5.27. The molecule has 26 heavy (non-hydrogen) atoms. The van der Waals surface area contributed by atoms with Crippen molar-refractivity contribution in [1.29, 1.82) is 0 Å². The van der Waals surface area contributed by atoms with E-state index in [2.05, 4.69) is 27.5 Å². The number of benzene rings is 1. The number of ether oxygens (including phenoxy) is 1. The number of nitrogens with one attached hydrogen (secondary N) is 1. The first-order valence-corrected chi connectivity index (χ1v) is 9.28. The van der Waals surface area contributed by atoms with Crippen molar-refractivity contribution in [2.24, 2.45) is 0 Å². The molecule has 0 radical (unpaired) electrons. The van der Waals surface area contributed by atoms with Crippen LogP contribution in [0.5, 0.6) is 0 Å². The van der Waals surface area contributed by atoms with Gasteiger partial charge in [-0.2, -0.15) is 0 Å². The van der Waals surface area contributed by atoms with Gasteiger partial charge in [-0.3, -0.25) is 9.69 Å². The van der Waals surface area contributed by atoms with E-state index in [0.29, 0.717) is 12.6 Å². The van der Waals surface area contributed by atoms with E-state index in [1.165, 1.54) is 5.56 Å². The van der Waals surface area contributed by atoms with Crippen molar-refractivity contribution in [1.82, 2.24) is 15.4 Å². The Bertz CT molecular complexity index is 759. The maximum atomic E-state index is 12.4. The number of fused-ring (bicyclic) bond motifs is 1. The molecule has 0 unspecified atom stereocenters. The zero-order valence-corrected chi connectivity index (χ0v) is 15.2. The lowest BCUT2D eigenvalue weighted by Gasteiger charge is -2.35. The SMILES string of the molecule is CC(C)c1cc(C(=O)N[C@@H]2C[C@H]3CO[C@@H](c4ccccc4)CN3C2)on1. The molecule has 0 aliphatic carbocycles. The van der Waals surface area contributed by atoms with Gasteiger partial charge in [-0.25, -0.2) is 0 Å². The van der Waals surface area contributed by atoms with E-state index in [1.807, 2.05) is 32.0 Å². The van der Waals surface area contributed by atoms with Gasteiger partial charge < -0.3 is 14.6 Å². The highest BCUT2D eigenvalue weighted by Crippen LogP contribution is 2.30. The molecule has 0 bridgehead atoms. The number of carbonyl (C=O) groups is 1. The zero-order valence-electron chi connectivity index (χ0n) is 15.2. The first-order chi connectivity index (χ1) is 12.6. The largest absolute Gasteiger partial charge is 0.371 e. The molecule has 0 saturated carbocycles. The van der Waals surface area contributed by atoms with Gasteiger partial charge in [0.15, 0.2) is 0 Å². The van der Waals surface area contributed by atoms with Crippen molar-refractivity contribution >= 4 is 5.91 Å². The smallest absolute Gasteiger partial charge is 0.290 e. The van der Waals surface area contributed by atoms with Crippen LogP contribution in [0.1, 0.15) is 54.1 Å². The van der Waals surface area contributed by atoms with Gasteiger partial charge in [-0.05, 0) is 17.9 Å². The predicted molar refractivity (Wildman–Crippen MR) is 97.0 cm³/mol. The quantitative estimate of drug-likeness (QED) is 0.913. The van der Waals surface area contributed by atoms with Crippen LogP contribution in [0.3, 0.4) is 0 Å². The Balaban J connectivity index is 1.35. The van der Waals surface area contributed by atoms with E-state index in [-0.39, 0.29) is 29.7 Å². The van der Waals surface area contributed by atoms with Gasteiger partial charge >= 0.3 is 0 Å². The van der Waals surface area contributed by atoms with E-state index >= 15 is 0 Å². The van der Waals surface area contributed by atoms with Gasteiger partial charge in [0, 0.05) is 31.2 Å². The van der Waals surface area contributed by atoms with Gasteiger partial charge in [-0.1, -0.05) is 49.3 Å². The molecule has 2 aliphatic heterocycles. The number of amides is 1. The van der Waals surface area contributed by atoms with Crippen molar-refractivity contribution in [2.75, 3.05) is 19.7 Å². The highest BCUT2D eigenvalue weighted by molar-refractivity contribution is 5.91. The van der Waals surface area contributed by atoms with Crippen molar-refractivity contribution < 1.29 is 14.1 Å². The van der Waals surface area contributed by atoms with Crippen LogP contribution in [-0.2, 0) is 4.74 Å². The minimum absolute atomic E-state index is 0.102. The molecular weight excluding hydrogens is 330 g/mol. The normalized spacial score (nSPS) is 26.0.